The summed E-state index contributed by atoms with van der Waals surface area (Å²) in [6.45, 7) is 5.45. The largest absolute Gasteiger partial charge is 0.482 e. The first-order chi connectivity index (χ1) is 6.56. The van der Waals surface area contributed by atoms with Gasteiger partial charge in [-0.1, -0.05) is 0 Å². The van der Waals surface area contributed by atoms with Crippen molar-refractivity contribution in [3.63, 3.8) is 0 Å². The van der Waals surface area contributed by atoms with Gasteiger partial charge in [0.25, 0.3) is 0 Å². The van der Waals surface area contributed by atoms with E-state index >= 15 is 0 Å². The highest BCUT2D eigenvalue weighted by Gasteiger charge is 2.08. The molecule has 0 radical (unpaired) electrons. The van der Waals surface area contributed by atoms with E-state index in [2.05, 4.69) is 15.9 Å². The molecule has 1 rings (SSSR count). The Morgan fingerprint density at radius 3 is 2.21 bits per heavy atom. The first-order valence-electron chi connectivity index (χ1n) is 4.37. The normalized spacial score (nSPS) is 10.0. The number of ether oxygens (including phenoxy) is 1. The number of hydrogen-bond acceptors (Lipinski definition) is 2. The molecule has 0 saturated heterocycles. The number of ketones is 1. The number of hydrogen-bond donors (Lipinski definition) is 0. The van der Waals surface area contributed by atoms with Crippen LogP contribution >= 0.6 is 15.9 Å². The van der Waals surface area contributed by atoms with Gasteiger partial charge >= 0.3 is 0 Å². The number of benzene rings is 1. The van der Waals surface area contributed by atoms with Crippen molar-refractivity contribution in [2.45, 2.75) is 20.8 Å². The zero-order chi connectivity index (χ0) is 10.7. The average Bonchev–Trinajstić information content (AvgIpc) is 2.10. The predicted octanol–water partition coefficient (Wildman–Crippen LogP) is 3.24. The van der Waals surface area contributed by atoms with Crippen LogP contribution in [0.4, 0.5) is 0 Å². The molecule has 1 aromatic carbocycles. The summed E-state index contributed by atoms with van der Waals surface area (Å²) in [6, 6.07) is 3.71. The van der Waals surface area contributed by atoms with Crippen molar-refractivity contribution in [1.82, 2.24) is 0 Å². The molecule has 0 saturated carbocycles. The van der Waals surface area contributed by atoms with E-state index in [-0.39, 0.29) is 5.78 Å². The summed E-state index contributed by atoms with van der Waals surface area (Å²) in [7, 11) is 0. The summed E-state index contributed by atoms with van der Waals surface area (Å²) in [5.74, 6) is 0.938. The Kier molecular flexibility index (Phi) is 3.69. The maximum Gasteiger partial charge on any atom is 0.159 e. The van der Waals surface area contributed by atoms with Crippen LogP contribution in [0.5, 0.6) is 5.75 Å². The Morgan fingerprint density at radius 1 is 1.36 bits per heavy atom. The molecule has 0 N–H and O–H groups in total. The molecule has 0 atom stereocenters. The highest BCUT2D eigenvalue weighted by atomic mass is 79.9. The van der Waals surface area contributed by atoms with Crippen LogP contribution in [0.2, 0.25) is 0 Å². The van der Waals surface area contributed by atoms with Crippen LogP contribution in [0, 0.1) is 13.8 Å². The van der Waals surface area contributed by atoms with Crippen LogP contribution in [0.15, 0.2) is 12.1 Å². The van der Waals surface area contributed by atoms with Gasteiger partial charge in [0.15, 0.2) is 5.78 Å². The first-order valence-corrected chi connectivity index (χ1v) is 5.49. The highest BCUT2D eigenvalue weighted by Crippen LogP contribution is 2.25. The second-order valence-electron chi connectivity index (χ2n) is 3.25. The van der Waals surface area contributed by atoms with Crippen LogP contribution < -0.4 is 4.74 Å². The second-order valence-corrected chi connectivity index (χ2v) is 3.71. The zero-order valence-electron chi connectivity index (χ0n) is 8.56. The van der Waals surface area contributed by atoms with Crippen LogP contribution in [0.25, 0.3) is 0 Å². The number of carbonyl (C=O) groups excluding carboxylic acids is 1. The standard InChI is InChI=1S/C11H13BrO2/c1-7-4-10(9(3)13)5-8(2)11(7)14-6-12/h4-5H,6H2,1-3H3. The van der Waals surface area contributed by atoms with E-state index < -0.39 is 0 Å². The van der Waals surface area contributed by atoms with Crippen LogP contribution in [0.1, 0.15) is 28.4 Å². The van der Waals surface area contributed by atoms with Gasteiger partial charge in [0.05, 0.1) is 0 Å². The van der Waals surface area contributed by atoms with Crippen molar-refractivity contribution in [3.05, 3.63) is 28.8 Å². The molecule has 14 heavy (non-hydrogen) atoms. The van der Waals surface area contributed by atoms with Crippen molar-refractivity contribution in [2.24, 2.45) is 0 Å². The van der Waals surface area contributed by atoms with Gasteiger partial charge in [-0.05, 0) is 60.0 Å². The number of alkyl halides is 1. The van der Waals surface area contributed by atoms with Crippen molar-refractivity contribution < 1.29 is 9.53 Å². The lowest BCUT2D eigenvalue weighted by molar-refractivity contribution is 0.101. The Labute approximate surface area is 92.4 Å². The minimum Gasteiger partial charge on any atom is -0.482 e. The molecule has 3 heteroatoms. The van der Waals surface area contributed by atoms with Crippen molar-refractivity contribution in [3.8, 4) is 5.75 Å². The molecule has 0 amide bonds. The third kappa shape index (κ3) is 2.35. The quantitative estimate of drug-likeness (QED) is 0.613. The maximum atomic E-state index is 11.2. The number of carbonyl (C=O) groups is 1. The molecule has 0 heterocycles. The van der Waals surface area contributed by atoms with Gasteiger partial charge in [-0.25, -0.2) is 0 Å². The van der Waals surface area contributed by atoms with Gasteiger partial charge < -0.3 is 4.74 Å². The van der Waals surface area contributed by atoms with Gasteiger partial charge in [-0.2, -0.15) is 0 Å². The van der Waals surface area contributed by atoms with Gasteiger partial charge in [0.2, 0.25) is 0 Å². The van der Waals surface area contributed by atoms with Crippen molar-refractivity contribution >= 4 is 21.7 Å². The number of rotatable bonds is 3. The predicted molar refractivity (Wildman–Crippen MR) is 60.3 cm³/mol. The summed E-state index contributed by atoms with van der Waals surface area (Å²) in [6.07, 6.45) is 0. The minimum atomic E-state index is 0.0848. The average molecular weight is 257 g/mol. The summed E-state index contributed by atoms with van der Waals surface area (Å²) >= 11 is 3.21. The molecular formula is C11H13BrO2. The summed E-state index contributed by atoms with van der Waals surface area (Å²) in [5.41, 5.74) is 3.19. The summed E-state index contributed by atoms with van der Waals surface area (Å²) in [5, 5.41) is 0. The van der Waals surface area contributed by atoms with E-state index in [0.717, 1.165) is 22.4 Å². The fourth-order valence-electron chi connectivity index (χ4n) is 1.44. The third-order valence-electron chi connectivity index (χ3n) is 2.07. The first kappa shape index (κ1) is 11.2. The number of halogens is 1. The molecule has 0 aliphatic rings. The minimum absolute atomic E-state index is 0.0848. The van der Waals surface area contributed by atoms with Crippen molar-refractivity contribution in [1.29, 1.82) is 0 Å². The molecule has 0 spiro atoms. The van der Waals surface area contributed by atoms with Gasteiger partial charge in [0, 0.05) is 5.56 Å². The van der Waals surface area contributed by atoms with Crippen LogP contribution in [-0.4, -0.2) is 11.3 Å². The molecule has 0 aliphatic heterocycles. The monoisotopic (exact) mass is 256 g/mol. The van der Waals surface area contributed by atoms with E-state index in [1.54, 1.807) is 6.92 Å². The fraction of sp³-hybridized carbons (Fsp3) is 0.364. The zero-order valence-corrected chi connectivity index (χ0v) is 10.1. The molecule has 0 bridgehead atoms. The SMILES string of the molecule is CC(=O)c1cc(C)c(OCBr)c(C)c1. The second kappa shape index (κ2) is 4.60. The van der Waals surface area contributed by atoms with E-state index in [4.69, 9.17) is 4.74 Å². The summed E-state index contributed by atoms with van der Waals surface area (Å²) < 4.78 is 5.41. The van der Waals surface area contributed by atoms with Gasteiger partial charge in [-0.3, -0.25) is 4.79 Å². The molecule has 0 fully saturated rings. The molecule has 0 aromatic heterocycles. The Balaban J connectivity index is 3.18. The smallest absolute Gasteiger partial charge is 0.159 e. The van der Waals surface area contributed by atoms with Gasteiger partial charge in [-0.15, -0.1) is 0 Å². The van der Waals surface area contributed by atoms with E-state index in [0.29, 0.717) is 5.52 Å². The van der Waals surface area contributed by atoms with Gasteiger partial charge in [0.1, 0.15) is 11.3 Å². The molecule has 0 aliphatic carbocycles. The Bertz CT molecular complexity index is 335. The third-order valence-corrected chi connectivity index (χ3v) is 2.29. The highest BCUT2D eigenvalue weighted by molar-refractivity contribution is 9.09. The van der Waals surface area contributed by atoms with Crippen molar-refractivity contribution in [2.75, 3.05) is 5.52 Å². The maximum absolute atomic E-state index is 11.2. The van der Waals surface area contributed by atoms with E-state index in [1.807, 2.05) is 26.0 Å². The number of aryl methyl sites for hydroxylation is 2. The van der Waals surface area contributed by atoms with E-state index in [1.165, 1.54) is 0 Å². The Hall–Kier alpha value is -0.830. The fourth-order valence-corrected chi connectivity index (χ4v) is 1.66. The lowest BCUT2D eigenvalue weighted by atomic mass is 10.0. The van der Waals surface area contributed by atoms with Crippen LogP contribution in [-0.2, 0) is 0 Å². The van der Waals surface area contributed by atoms with E-state index in [9.17, 15) is 4.79 Å². The molecular weight excluding hydrogens is 244 g/mol. The molecule has 2 nitrogen and oxygen atoms in total. The summed E-state index contributed by atoms with van der Waals surface area (Å²) in [4.78, 5) is 11.2. The van der Waals surface area contributed by atoms with Crippen LogP contribution in [0.3, 0.4) is 0 Å². The molecule has 0 unspecified atom stereocenters. The molecule has 76 valence electrons. The Morgan fingerprint density at radius 2 is 1.86 bits per heavy atom. The lowest BCUT2D eigenvalue weighted by Gasteiger charge is -2.11. The topological polar surface area (TPSA) is 26.3 Å². The number of Topliss-reactive ketones (excluding diaryl/α,β-unsaturated/α-hetero) is 1. The lowest BCUT2D eigenvalue weighted by Crippen LogP contribution is -1.99. The molecule has 1 aromatic rings.